The number of aryl methyl sites for hydroxylation is 1. The third-order valence-corrected chi connectivity index (χ3v) is 2.69. The fraction of sp³-hybridized carbons (Fsp3) is 0.0769. The number of halogens is 1. The van der Waals surface area contributed by atoms with Crippen molar-refractivity contribution in [1.82, 2.24) is 4.98 Å². The molecule has 0 aliphatic carbocycles. The van der Waals surface area contributed by atoms with Crippen molar-refractivity contribution in [3.05, 3.63) is 52.7 Å². The van der Waals surface area contributed by atoms with Gasteiger partial charge in [0.05, 0.1) is 5.02 Å². The standard InChI is InChI=1S/C13H10ClNO3/c1-8-6-7-15-12(11(8)13(16)17)18-10-5-3-2-4-9(10)14/h2-7H,1H3,(H,16,17). The lowest BCUT2D eigenvalue weighted by atomic mass is 10.1. The number of ether oxygens (including phenoxy) is 1. The van der Waals surface area contributed by atoms with Gasteiger partial charge in [-0.3, -0.25) is 0 Å². The number of carboxylic acids is 1. The van der Waals surface area contributed by atoms with Crippen LogP contribution in [0.25, 0.3) is 0 Å². The van der Waals surface area contributed by atoms with E-state index in [-0.39, 0.29) is 11.4 Å². The largest absolute Gasteiger partial charge is 0.477 e. The zero-order valence-electron chi connectivity index (χ0n) is 9.55. The minimum absolute atomic E-state index is 0.0376. The van der Waals surface area contributed by atoms with Crippen LogP contribution in [0.1, 0.15) is 15.9 Å². The topological polar surface area (TPSA) is 59.4 Å². The quantitative estimate of drug-likeness (QED) is 0.920. The van der Waals surface area contributed by atoms with Gasteiger partial charge in [-0.1, -0.05) is 23.7 Å². The molecule has 0 spiro atoms. The van der Waals surface area contributed by atoms with Gasteiger partial charge in [0.2, 0.25) is 5.88 Å². The summed E-state index contributed by atoms with van der Waals surface area (Å²) in [7, 11) is 0. The lowest BCUT2D eigenvalue weighted by Gasteiger charge is -2.10. The molecule has 1 N–H and O–H groups in total. The van der Waals surface area contributed by atoms with Crippen LogP contribution in [0.2, 0.25) is 5.02 Å². The molecule has 0 bridgehead atoms. The number of aromatic nitrogens is 1. The van der Waals surface area contributed by atoms with Crippen molar-refractivity contribution in [2.24, 2.45) is 0 Å². The molecule has 0 fully saturated rings. The second kappa shape index (κ2) is 5.06. The average Bonchev–Trinajstić information content (AvgIpc) is 2.31. The Morgan fingerprint density at radius 1 is 1.33 bits per heavy atom. The normalized spacial score (nSPS) is 10.1. The number of nitrogens with zero attached hydrogens (tertiary/aromatic N) is 1. The number of benzene rings is 1. The van der Waals surface area contributed by atoms with E-state index >= 15 is 0 Å². The molecule has 0 aliphatic rings. The first-order valence-corrected chi connectivity index (χ1v) is 5.58. The number of para-hydroxylation sites is 1. The predicted molar refractivity (Wildman–Crippen MR) is 67.5 cm³/mol. The van der Waals surface area contributed by atoms with Crippen LogP contribution < -0.4 is 4.74 Å². The average molecular weight is 264 g/mol. The minimum Gasteiger partial charge on any atom is -0.477 e. The molecule has 0 aliphatic heterocycles. The molecule has 0 saturated carbocycles. The smallest absolute Gasteiger partial charge is 0.341 e. The van der Waals surface area contributed by atoms with Crippen molar-refractivity contribution in [2.45, 2.75) is 6.92 Å². The van der Waals surface area contributed by atoms with E-state index in [1.807, 2.05) is 0 Å². The van der Waals surface area contributed by atoms with Gasteiger partial charge in [0.1, 0.15) is 11.3 Å². The number of hydrogen-bond acceptors (Lipinski definition) is 3. The summed E-state index contributed by atoms with van der Waals surface area (Å²) in [6.07, 6.45) is 1.49. The van der Waals surface area contributed by atoms with Gasteiger partial charge in [0, 0.05) is 6.20 Å². The molecule has 1 aromatic heterocycles. The summed E-state index contributed by atoms with van der Waals surface area (Å²) in [6, 6.07) is 8.43. The number of aromatic carboxylic acids is 1. The molecule has 0 radical (unpaired) electrons. The summed E-state index contributed by atoms with van der Waals surface area (Å²) in [6.45, 7) is 1.69. The summed E-state index contributed by atoms with van der Waals surface area (Å²) in [5.74, 6) is -0.668. The van der Waals surface area contributed by atoms with Crippen molar-refractivity contribution in [2.75, 3.05) is 0 Å². The number of carbonyl (C=O) groups is 1. The molecule has 0 amide bonds. The molecule has 5 heteroatoms. The maximum atomic E-state index is 11.2. The molecule has 0 saturated heterocycles. The van der Waals surface area contributed by atoms with Crippen LogP contribution in [0.3, 0.4) is 0 Å². The third-order valence-electron chi connectivity index (χ3n) is 2.38. The molecule has 2 aromatic rings. The second-order valence-corrected chi connectivity index (χ2v) is 4.05. The van der Waals surface area contributed by atoms with Crippen LogP contribution in [0.5, 0.6) is 11.6 Å². The van der Waals surface area contributed by atoms with E-state index in [0.717, 1.165) is 0 Å². The van der Waals surface area contributed by atoms with Crippen molar-refractivity contribution in [3.8, 4) is 11.6 Å². The summed E-state index contributed by atoms with van der Waals surface area (Å²) in [5.41, 5.74) is 0.622. The van der Waals surface area contributed by atoms with Crippen LogP contribution in [-0.4, -0.2) is 16.1 Å². The Balaban J connectivity index is 2.44. The van der Waals surface area contributed by atoms with Crippen molar-refractivity contribution in [1.29, 1.82) is 0 Å². The number of carboxylic acid groups (broad SMARTS) is 1. The highest BCUT2D eigenvalue weighted by Gasteiger charge is 2.17. The van der Waals surface area contributed by atoms with Crippen LogP contribution in [0, 0.1) is 6.92 Å². The molecule has 4 nitrogen and oxygen atoms in total. The number of hydrogen-bond donors (Lipinski definition) is 1. The van der Waals surface area contributed by atoms with Crippen molar-refractivity contribution < 1.29 is 14.6 Å². The van der Waals surface area contributed by atoms with Gasteiger partial charge >= 0.3 is 5.97 Å². The summed E-state index contributed by atoms with van der Waals surface area (Å²) in [5, 5.41) is 9.54. The van der Waals surface area contributed by atoms with Gasteiger partial charge in [-0.2, -0.15) is 0 Å². The molecule has 2 rings (SSSR count). The first kappa shape index (κ1) is 12.4. The van der Waals surface area contributed by atoms with E-state index in [4.69, 9.17) is 21.4 Å². The highest BCUT2D eigenvalue weighted by Crippen LogP contribution is 2.30. The van der Waals surface area contributed by atoms with Crippen molar-refractivity contribution in [3.63, 3.8) is 0 Å². The Labute approximate surface area is 109 Å². The molecule has 1 aromatic carbocycles. The molecular formula is C13H10ClNO3. The van der Waals surface area contributed by atoms with E-state index in [9.17, 15) is 4.79 Å². The van der Waals surface area contributed by atoms with E-state index < -0.39 is 5.97 Å². The fourth-order valence-electron chi connectivity index (χ4n) is 1.50. The monoisotopic (exact) mass is 263 g/mol. The Kier molecular flexibility index (Phi) is 3.48. The Morgan fingerprint density at radius 3 is 2.72 bits per heavy atom. The first-order chi connectivity index (χ1) is 8.59. The molecular weight excluding hydrogens is 254 g/mol. The Bertz CT molecular complexity index is 599. The van der Waals surface area contributed by atoms with Crippen LogP contribution in [0.15, 0.2) is 36.5 Å². The van der Waals surface area contributed by atoms with Gasteiger partial charge in [0.15, 0.2) is 0 Å². The third kappa shape index (κ3) is 2.43. The summed E-state index contributed by atoms with van der Waals surface area (Å²) >= 11 is 5.95. The maximum Gasteiger partial charge on any atom is 0.341 e. The molecule has 1 heterocycles. The van der Waals surface area contributed by atoms with Gasteiger partial charge < -0.3 is 9.84 Å². The molecule has 18 heavy (non-hydrogen) atoms. The van der Waals surface area contributed by atoms with E-state index in [1.165, 1.54) is 6.20 Å². The highest BCUT2D eigenvalue weighted by atomic mass is 35.5. The van der Waals surface area contributed by atoms with Crippen molar-refractivity contribution >= 4 is 17.6 Å². The highest BCUT2D eigenvalue weighted by molar-refractivity contribution is 6.32. The number of pyridine rings is 1. The van der Waals surface area contributed by atoms with Crippen LogP contribution in [-0.2, 0) is 0 Å². The fourth-order valence-corrected chi connectivity index (χ4v) is 1.68. The number of rotatable bonds is 3. The Morgan fingerprint density at radius 2 is 2.06 bits per heavy atom. The van der Waals surface area contributed by atoms with E-state index in [0.29, 0.717) is 16.3 Å². The molecule has 0 atom stereocenters. The minimum atomic E-state index is -1.08. The molecule has 92 valence electrons. The zero-order valence-corrected chi connectivity index (χ0v) is 10.3. The first-order valence-electron chi connectivity index (χ1n) is 5.21. The molecule has 0 unspecified atom stereocenters. The summed E-state index contributed by atoms with van der Waals surface area (Å²) in [4.78, 5) is 15.1. The summed E-state index contributed by atoms with van der Waals surface area (Å²) < 4.78 is 5.46. The zero-order chi connectivity index (χ0) is 13.1. The van der Waals surface area contributed by atoms with Gasteiger partial charge in [-0.05, 0) is 30.7 Å². The van der Waals surface area contributed by atoms with Gasteiger partial charge in [0.25, 0.3) is 0 Å². The Hall–Kier alpha value is -2.07. The SMILES string of the molecule is Cc1ccnc(Oc2ccccc2Cl)c1C(=O)O. The van der Waals surface area contributed by atoms with Crippen LogP contribution in [0.4, 0.5) is 0 Å². The van der Waals surface area contributed by atoms with Gasteiger partial charge in [-0.25, -0.2) is 9.78 Å². The van der Waals surface area contributed by atoms with Gasteiger partial charge in [-0.15, -0.1) is 0 Å². The van der Waals surface area contributed by atoms with Crippen LogP contribution >= 0.6 is 11.6 Å². The van der Waals surface area contributed by atoms with E-state index in [1.54, 1.807) is 37.3 Å². The maximum absolute atomic E-state index is 11.2. The lowest BCUT2D eigenvalue weighted by Crippen LogP contribution is -2.04. The lowest BCUT2D eigenvalue weighted by molar-refractivity contribution is 0.0692. The second-order valence-electron chi connectivity index (χ2n) is 3.65. The predicted octanol–water partition coefficient (Wildman–Crippen LogP) is 3.53. The van der Waals surface area contributed by atoms with E-state index in [2.05, 4.69) is 4.98 Å².